The fourth-order valence-corrected chi connectivity index (χ4v) is 2.80. The Labute approximate surface area is 93.5 Å². The second-order valence-corrected chi connectivity index (χ2v) is 5.55. The van der Waals surface area contributed by atoms with Gasteiger partial charge in [0.25, 0.3) is 0 Å². The van der Waals surface area contributed by atoms with Gasteiger partial charge >= 0.3 is 5.97 Å². The maximum atomic E-state index is 11.7. The maximum absolute atomic E-state index is 11.7. The number of amides is 1. The monoisotopic (exact) mass is 250 g/mol. The molecule has 1 aliphatic heterocycles. The van der Waals surface area contributed by atoms with Crippen LogP contribution in [0.2, 0.25) is 0 Å². The molecule has 1 rings (SSSR count). The van der Waals surface area contributed by atoms with E-state index >= 15 is 0 Å². The molecule has 8 heteroatoms. The average Bonchev–Trinajstić information content (AvgIpc) is 2.40. The van der Waals surface area contributed by atoms with E-state index in [-0.39, 0.29) is 32.0 Å². The molecule has 0 radical (unpaired) electrons. The van der Waals surface area contributed by atoms with E-state index in [1.807, 2.05) is 0 Å². The molecule has 0 aliphatic carbocycles. The van der Waals surface area contributed by atoms with Crippen LogP contribution in [0.15, 0.2) is 0 Å². The summed E-state index contributed by atoms with van der Waals surface area (Å²) in [5.74, 6) is -1.75. The fourth-order valence-electron chi connectivity index (χ4n) is 1.37. The number of carbonyl (C=O) groups is 2. The van der Waals surface area contributed by atoms with E-state index in [2.05, 4.69) is 5.32 Å². The van der Waals surface area contributed by atoms with Crippen LogP contribution in [0.4, 0.5) is 0 Å². The number of sulfonamides is 1. The summed E-state index contributed by atoms with van der Waals surface area (Å²) in [7, 11) is -3.56. The van der Waals surface area contributed by atoms with Crippen molar-refractivity contribution in [1.82, 2.24) is 9.62 Å². The molecule has 1 heterocycles. The van der Waals surface area contributed by atoms with E-state index in [9.17, 15) is 18.0 Å². The standard InChI is InChI=1S/C8H14N2O5S/c11-7-1-4-10(5-3-9-7)16(14,15)6-2-8(12)13/h1-6H2,(H,9,11)(H,12,13). The number of aliphatic carboxylic acids is 1. The zero-order valence-corrected chi connectivity index (χ0v) is 9.49. The van der Waals surface area contributed by atoms with E-state index in [1.54, 1.807) is 0 Å². The molecule has 0 bridgehead atoms. The topological polar surface area (TPSA) is 104 Å². The Morgan fingerprint density at radius 1 is 1.44 bits per heavy atom. The van der Waals surface area contributed by atoms with E-state index in [0.29, 0.717) is 0 Å². The van der Waals surface area contributed by atoms with Crippen LogP contribution in [0.5, 0.6) is 0 Å². The highest BCUT2D eigenvalue weighted by Gasteiger charge is 2.25. The Balaban J connectivity index is 2.60. The predicted octanol–water partition coefficient (Wildman–Crippen LogP) is -1.39. The first-order chi connectivity index (χ1) is 7.42. The first-order valence-corrected chi connectivity index (χ1v) is 6.49. The summed E-state index contributed by atoms with van der Waals surface area (Å²) in [5.41, 5.74) is 0. The van der Waals surface area contributed by atoms with Gasteiger partial charge in [0.2, 0.25) is 15.9 Å². The lowest BCUT2D eigenvalue weighted by Gasteiger charge is -2.18. The number of carboxylic acid groups (broad SMARTS) is 1. The van der Waals surface area contributed by atoms with Crippen LogP contribution in [0.25, 0.3) is 0 Å². The Hall–Kier alpha value is -1.15. The van der Waals surface area contributed by atoms with Crippen molar-refractivity contribution in [3.8, 4) is 0 Å². The summed E-state index contributed by atoms with van der Waals surface area (Å²) in [5, 5.41) is 11.0. The molecule has 1 aliphatic rings. The third-order valence-corrected chi connectivity index (χ3v) is 4.11. The third kappa shape index (κ3) is 3.78. The average molecular weight is 250 g/mol. The van der Waals surface area contributed by atoms with Gasteiger partial charge < -0.3 is 10.4 Å². The van der Waals surface area contributed by atoms with Crippen LogP contribution >= 0.6 is 0 Å². The lowest BCUT2D eigenvalue weighted by molar-refractivity contribution is -0.136. The van der Waals surface area contributed by atoms with Gasteiger partial charge in [-0.3, -0.25) is 9.59 Å². The Morgan fingerprint density at radius 2 is 2.12 bits per heavy atom. The summed E-state index contributed by atoms with van der Waals surface area (Å²) in [6.07, 6.45) is -0.299. The summed E-state index contributed by atoms with van der Waals surface area (Å²) >= 11 is 0. The van der Waals surface area contributed by atoms with Gasteiger partial charge in [0.05, 0.1) is 12.2 Å². The van der Waals surface area contributed by atoms with Crippen LogP contribution in [-0.2, 0) is 19.6 Å². The zero-order chi connectivity index (χ0) is 12.2. The lowest BCUT2D eigenvalue weighted by Crippen LogP contribution is -2.36. The molecule has 1 fully saturated rings. The first kappa shape index (κ1) is 12.9. The molecule has 0 aromatic carbocycles. The molecule has 0 aromatic heterocycles. The first-order valence-electron chi connectivity index (χ1n) is 4.88. The number of carboxylic acids is 1. The van der Waals surface area contributed by atoms with Crippen LogP contribution in [0.3, 0.4) is 0 Å². The SMILES string of the molecule is O=C(O)CCS(=O)(=O)N1CCNC(=O)CC1. The number of hydrogen-bond acceptors (Lipinski definition) is 4. The van der Waals surface area contributed by atoms with Crippen LogP contribution in [0, 0.1) is 0 Å². The zero-order valence-electron chi connectivity index (χ0n) is 8.68. The molecule has 0 atom stereocenters. The molecular weight excluding hydrogens is 236 g/mol. The second kappa shape index (κ2) is 5.26. The van der Waals surface area contributed by atoms with Crippen LogP contribution in [-0.4, -0.2) is 55.1 Å². The smallest absolute Gasteiger partial charge is 0.304 e. The predicted molar refractivity (Wildman–Crippen MR) is 55.2 cm³/mol. The molecule has 0 aromatic rings. The number of hydrogen-bond donors (Lipinski definition) is 2. The van der Waals surface area contributed by atoms with Crippen molar-refractivity contribution in [2.45, 2.75) is 12.8 Å². The minimum atomic E-state index is -3.56. The van der Waals surface area contributed by atoms with Gasteiger partial charge in [-0.2, -0.15) is 4.31 Å². The lowest BCUT2D eigenvalue weighted by atomic mass is 10.4. The number of nitrogens with zero attached hydrogens (tertiary/aromatic N) is 1. The quantitative estimate of drug-likeness (QED) is 0.639. The molecule has 0 saturated carbocycles. The molecule has 1 saturated heterocycles. The van der Waals surface area contributed by atoms with E-state index in [1.165, 1.54) is 0 Å². The Bertz CT molecular complexity index is 378. The summed E-state index contributed by atoms with van der Waals surface area (Å²) in [4.78, 5) is 21.3. The Kier molecular flexibility index (Phi) is 4.25. The maximum Gasteiger partial charge on any atom is 0.304 e. The molecule has 7 nitrogen and oxygen atoms in total. The van der Waals surface area contributed by atoms with Gasteiger partial charge in [0, 0.05) is 26.1 Å². The van der Waals surface area contributed by atoms with Gasteiger partial charge in [-0.15, -0.1) is 0 Å². The van der Waals surface area contributed by atoms with E-state index < -0.39 is 28.2 Å². The minimum absolute atomic E-state index is 0.117. The van der Waals surface area contributed by atoms with Crippen molar-refractivity contribution in [3.05, 3.63) is 0 Å². The van der Waals surface area contributed by atoms with Crippen molar-refractivity contribution < 1.29 is 23.1 Å². The van der Waals surface area contributed by atoms with Crippen molar-refractivity contribution in [2.75, 3.05) is 25.4 Å². The van der Waals surface area contributed by atoms with Gasteiger partial charge in [-0.1, -0.05) is 0 Å². The highest BCUT2D eigenvalue weighted by Crippen LogP contribution is 2.06. The van der Waals surface area contributed by atoms with E-state index in [4.69, 9.17) is 5.11 Å². The Morgan fingerprint density at radius 3 is 2.75 bits per heavy atom. The third-order valence-electron chi connectivity index (χ3n) is 2.24. The molecule has 0 spiro atoms. The molecule has 2 N–H and O–H groups in total. The second-order valence-electron chi connectivity index (χ2n) is 3.46. The summed E-state index contributed by atoms with van der Waals surface area (Å²) in [6.45, 7) is 0.590. The molecule has 92 valence electrons. The van der Waals surface area contributed by atoms with Crippen molar-refractivity contribution in [2.24, 2.45) is 0 Å². The summed E-state index contributed by atoms with van der Waals surface area (Å²) < 4.78 is 24.5. The van der Waals surface area contributed by atoms with Gasteiger partial charge in [0.15, 0.2) is 0 Å². The van der Waals surface area contributed by atoms with Crippen molar-refractivity contribution in [1.29, 1.82) is 0 Å². The van der Waals surface area contributed by atoms with Crippen molar-refractivity contribution >= 4 is 21.9 Å². The minimum Gasteiger partial charge on any atom is -0.481 e. The van der Waals surface area contributed by atoms with Crippen LogP contribution < -0.4 is 5.32 Å². The molecular formula is C8H14N2O5S. The normalized spacial score (nSPS) is 18.9. The van der Waals surface area contributed by atoms with Gasteiger partial charge in [-0.25, -0.2) is 8.42 Å². The van der Waals surface area contributed by atoms with Gasteiger partial charge in [0.1, 0.15) is 0 Å². The number of carbonyl (C=O) groups excluding carboxylic acids is 1. The van der Waals surface area contributed by atoms with Gasteiger partial charge in [-0.05, 0) is 0 Å². The highest BCUT2D eigenvalue weighted by molar-refractivity contribution is 7.89. The largest absolute Gasteiger partial charge is 0.481 e. The van der Waals surface area contributed by atoms with E-state index in [0.717, 1.165) is 4.31 Å². The number of rotatable bonds is 4. The van der Waals surface area contributed by atoms with Crippen molar-refractivity contribution in [3.63, 3.8) is 0 Å². The fraction of sp³-hybridized carbons (Fsp3) is 0.750. The van der Waals surface area contributed by atoms with Crippen LogP contribution in [0.1, 0.15) is 12.8 Å². The highest BCUT2D eigenvalue weighted by atomic mass is 32.2. The molecule has 16 heavy (non-hydrogen) atoms. The molecule has 0 unspecified atom stereocenters. The molecule has 1 amide bonds. The number of nitrogens with one attached hydrogen (secondary N) is 1. The summed E-state index contributed by atoms with van der Waals surface area (Å²) in [6, 6.07) is 0.